The monoisotopic (exact) mass is 304 g/mol. The zero-order valence-corrected chi connectivity index (χ0v) is 12.0. The summed E-state index contributed by atoms with van der Waals surface area (Å²) in [6.07, 6.45) is 2.50. The normalized spacial score (nSPS) is 18.8. The van der Waals surface area contributed by atoms with Crippen LogP contribution in [0.1, 0.15) is 12.8 Å². The van der Waals surface area contributed by atoms with E-state index in [1.807, 2.05) is 0 Å². The molecule has 1 N–H and O–H groups in total. The smallest absolute Gasteiger partial charge is 0.211 e. The molecule has 1 aliphatic rings. The quantitative estimate of drug-likeness (QED) is 0.754. The Morgan fingerprint density at radius 2 is 2.33 bits per heavy atom. The van der Waals surface area contributed by atoms with Gasteiger partial charge in [-0.2, -0.15) is 0 Å². The van der Waals surface area contributed by atoms with Gasteiger partial charge in [0.1, 0.15) is 11.3 Å². The van der Waals surface area contributed by atoms with Crippen molar-refractivity contribution in [3.8, 4) is 0 Å². The largest absolute Gasteiger partial charge is 0.377 e. The van der Waals surface area contributed by atoms with E-state index in [4.69, 9.17) is 4.74 Å². The van der Waals surface area contributed by atoms with E-state index in [1.165, 1.54) is 12.1 Å². The third kappa shape index (κ3) is 2.47. The lowest BCUT2D eigenvalue weighted by Crippen LogP contribution is -2.08. The molecular weight excluding hydrogens is 291 g/mol. The maximum absolute atomic E-state index is 13.3. The number of H-pyrrole nitrogens is 1. The zero-order chi connectivity index (χ0) is 14.2. The average Bonchev–Trinajstić information content (AvgIpc) is 3.11. The van der Waals surface area contributed by atoms with Crippen LogP contribution in [0.25, 0.3) is 22.1 Å². The molecule has 1 fully saturated rings. The fourth-order valence-corrected chi connectivity index (χ4v) is 3.39. The summed E-state index contributed by atoms with van der Waals surface area (Å²) >= 11 is 1.54. The summed E-state index contributed by atoms with van der Waals surface area (Å²) in [5.74, 6) is 0.546. The minimum absolute atomic E-state index is 0.283. The third-order valence-electron chi connectivity index (χ3n) is 3.58. The van der Waals surface area contributed by atoms with E-state index in [0.29, 0.717) is 21.7 Å². The molecule has 1 aliphatic heterocycles. The number of fused-ring (bicyclic) bond motifs is 3. The van der Waals surface area contributed by atoms with Gasteiger partial charge in [-0.05, 0) is 31.0 Å². The summed E-state index contributed by atoms with van der Waals surface area (Å²) in [5.41, 5.74) is 2.06. The van der Waals surface area contributed by atoms with Gasteiger partial charge in [-0.15, -0.1) is 10.2 Å². The van der Waals surface area contributed by atoms with Gasteiger partial charge in [-0.25, -0.2) is 9.37 Å². The molecule has 4 rings (SSSR count). The van der Waals surface area contributed by atoms with Gasteiger partial charge < -0.3 is 9.72 Å². The fourth-order valence-electron chi connectivity index (χ4n) is 2.53. The summed E-state index contributed by atoms with van der Waals surface area (Å²) in [7, 11) is 0. The standard InChI is InChI=1S/C14H13FN4OS/c15-8-3-4-11-10(6-8)12-13(16-11)17-14(19-18-12)21-7-9-2-1-5-20-9/h3-4,6,9H,1-2,5,7H2,(H,16,17,19)/t9-/m1/s1. The fraction of sp³-hybridized carbons (Fsp3) is 0.357. The number of nitrogens with one attached hydrogen (secondary N) is 1. The van der Waals surface area contributed by atoms with E-state index < -0.39 is 0 Å². The maximum Gasteiger partial charge on any atom is 0.211 e. The second-order valence-corrected chi connectivity index (χ2v) is 6.04. The van der Waals surface area contributed by atoms with E-state index in [9.17, 15) is 4.39 Å². The van der Waals surface area contributed by atoms with Crippen LogP contribution in [0.5, 0.6) is 0 Å². The van der Waals surface area contributed by atoms with E-state index in [1.54, 1.807) is 17.8 Å². The number of ether oxygens (including phenoxy) is 1. The van der Waals surface area contributed by atoms with Crippen molar-refractivity contribution in [1.29, 1.82) is 0 Å². The second kappa shape index (κ2) is 5.23. The van der Waals surface area contributed by atoms with Gasteiger partial charge >= 0.3 is 0 Å². The summed E-state index contributed by atoms with van der Waals surface area (Å²) in [5, 5.41) is 9.63. The lowest BCUT2D eigenvalue weighted by Gasteiger charge is -2.06. The first-order chi connectivity index (χ1) is 10.3. The molecule has 0 radical (unpaired) electrons. The average molecular weight is 304 g/mol. The molecule has 1 saturated heterocycles. The number of thioether (sulfide) groups is 1. The Kier molecular flexibility index (Phi) is 3.23. The van der Waals surface area contributed by atoms with Gasteiger partial charge in [0, 0.05) is 23.3 Å². The van der Waals surface area contributed by atoms with Crippen LogP contribution in [0.3, 0.4) is 0 Å². The van der Waals surface area contributed by atoms with Gasteiger partial charge in [0.15, 0.2) is 5.65 Å². The molecule has 0 saturated carbocycles. The van der Waals surface area contributed by atoms with Crippen LogP contribution in [0.2, 0.25) is 0 Å². The number of nitrogens with zero attached hydrogens (tertiary/aromatic N) is 3. The van der Waals surface area contributed by atoms with Crippen LogP contribution in [0.4, 0.5) is 4.39 Å². The molecule has 0 amide bonds. The highest BCUT2D eigenvalue weighted by molar-refractivity contribution is 7.99. The van der Waals surface area contributed by atoms with E-state index in [0.717, 1.165) is 30.7 Å². The Balaban J connectivity index is 1.64. The van der Waals surface area contributed by atoms with Crippen molar-refractivity contribution in [2.24, 2.45) is 0 Å². The number of halogens is 1. The van der Waals surface area contributed by atoms with Gasteiger partial charge in [-0.1, -0.05) is 11.8 Å². The molecular formula is C14H13FN4OS. The van der Waals surface area contributed by atoms with E-state index >= 15 is 0 Å². The molecule has 3 aromatic rings. The number of hydrogen-bond acceptors (Lipinski definition) is 5. The Labute approximate surface area is 124 Å². The van der Waals surface area contributed by atoms with Gasteiger partial charge in [0.25, 0.3) is 0 Å². The number of hydrogen-bond donors (Lipinski definition) is 1. The van der Waals surface area contributed by atoms with Crippen LogP contribution >= 0.6 is 11.8 Å². The van der Waals surface area contributed by atoms with Crippen LogP contribution in [0.15, 0.2) is 23.4 Å². The Bertz CT molecular complexity index is 800. The predicted octanol–water partition coefficient (Wildman–Crippen LogP) is 2.92. The SMILES string of the molecule is Fc1ccc2[nH]c3nc(SC[C@H]4CCCO4)nnc3c2c1. The zero-order valence-electron chi connectivity index (χ0n) is 11.2. The maximum atomic E-state index is 13.3. The number of rotatable bonds is 3. The van der Waals surface area contributed by atoms with Crippen LogP contribution in [0, 0.1) is 5.82 Å². The van der Waals surface area contributed by atoms with Crippen molar-refractivity contribution < 1.29 is 9.13 Å². The molecule has 7 heteroatoms. The number of aromatic amines is 1. The molecule has 2 aromatic heterocycles. The van der Waals surface area contributed by atoms with E-state index in [2.05, 4.69) is 20.2 Å². The van der Waals surface area contributed by atoms with Crippen molar-refractivity contribution >= 4 is 33.8 Å². The van der Waals surface area contributed by atoms with E-state index in [-0.39, 0.29) is 11.9 Å². The Morgan fingerprint density at radius 1 is 1.38 bits per heavy atom. The van der Waals surface area contributed by atoms with Crippen molar-refractivity contribution in [2.75, 3.05) is 12.4 Å². The minimum atomic E-state index is -0.290. The molecule has 21 heavy (non-hydrogen) atoms. The summed E-state index contributed by atoms with van der Waals surface area (Å²) < 4.78 is 18.9. The highest BCUT2D eigenvalue weighted by atomic mass is 32.2. The first-order valence-electron chi connectivity index (χ1n) is 6.86. The summed E-state index contributed by atoms with van der Waals surface area (Å²) in [6.45, 7) is 0.844. The highest BCUT2D eigenvalue weighted by Gasteiger charge is 2.17. The van der Waals surface area contributed by atoms with Gasteiger partial charge in [-0.3, -0.25) is 0 Å². The first kappa shape index (κ1) is 13.0. The van der Waals surface area contributed by atoms with Crippen molar-refractivity contribution in [2.45, 2.75) is 24.1 Å². The van der Waals surface area contributed by atoms with Crippen molar-refractivity contribution in [3.63, 3.8) is 0 Å². The summed E-state index contributed by atoms with van der Waals surface area (Å²) in [4.78, 5) is 7.61. The molecule has 3 heterocycles. The topological polar surface area (TPSA) is 63.7 Å². The predicted molar refractivity (Wildman–Crippen MR) is 78.8 cm³/mol. The second-order valence-electron chi connectivity index (χ2n) is 5.05. The van der Waals surface area contributed by atoms with Crippen LogP contribution in [-0.4, -0.2) is 38.6 Å². The molecule has 0 unspecified atom stereocenters. The molecule has 0 aliphatic carbocycles. The van der Waals surface area contributed by atoms with Gasteiger partial charge in [0.05, 0.1) is 6.10 Å². The minimum Gasteiger partial charge on any atom is -0.377 e. The molecule has 0 spiro atoms. The lowest BCUT2D eigenvalue weighted by molar-refractivity contribution is 0.129. The van der Waals surface area contributed by atoms with Gasteiger partial charge in [0.2, 0.25) is 5.16 Å². The number of benzene rings is 1. The lowest BCUT2D eigenvalue weighted by atomic mass is 10.2. The van der Waals surface area contributed by atoms with Crippen molar-refractivity contribution in [3.05, 3.63) is 24.0 Å². The Morgan fingerprint density at radius 3 is 3.19 bits per heavy atom. The van der Waals surface area contributed by atoms with Crippen LogP contribution < -0.4 is 0 Å². The first-order valence-corrected chi connectivity index (χ1v) is 7.84. The molecule has 5 nitrogen and oxygen atoms in total. The molecule has 1 aromatic carbocycles. The highest BCUT2D eigenvalue weighted by Crippen LogP contribution is 2.25. The molecule has 1 atom stereocenters. The Hall–Kier alpha value is -1.73. The molecule has 0 bridgehead atoms. The molecule has 108 valence electrons. The number of aromatic nitrogens is 4. The summed E-state index contributed by atoms with van der Waals surface area (Å²) in [6, 6.07) is 4.55. The van der Waals surface area contributed by atoms with Crippen LogP contribution in [-0.2, 0) is 4.74 Å². The third-order valence-corrected chi connectivity index (χ3v) is 4.55. The van der Waals surface area contributed by atoms with Crippen molar-refractivity contribution in [1.82, 2.24) is 20.2 Å².